The lowest BCUT2D eigenvalue weighted by atomic mass is 9.79. The van der Waals surface area contributed by atoms with Gasteiger partial charge in [-0.25, -0.2) is 0 Å². The zero-order valence-electron chi connectivity index (χ0n) is 14.4. The van der Waals surface area contributed by atoms with Crippen molar-refractivity contribution in [2.45, 2.75) is 31.1 Å². The van der Waals surface area contributed by atoms with E-state index in [-0.39, 0.29) is 11.3 Å². The Morgan fingerprint density at radius 2 is 1.58 bits per heavy atom. The first-order valence-electron chi connectivity index (χ1n) is 8.78. The maximum absolute atomic E-state index is 12.4. The van der Waals surface area contributed by atoms with E-state index < -0.39 is 0 Å². The summed E-state index contributed by atoms with van der Waals surface area (Å²) < 4.78 is 0. The highest BCUT2D eigenvalue weighted by Gasteiger charge is 2.35. The van der Waals surface area contributed by atoms with Crippen molar-refractivity contribution in [3.63, 3.8) is 0 Å². The van der Waals surface area contributed by atoms with Gasteiger partial charge in [-0.1, -0.05) is 61.4 Å². The minimum absolute atomic E-state index is 0.0866. The van der Waals surface area contributed by atoms with Crippen LogP contribution in [0.2, 0.25) is 0 Å². The molecule has 24 heavy (non-hydrogen) atoms. The molecule has 0 aromatic heterocycles. The third-order valence-corrected chi connectivity index (χ3v) is 5.15. The summed E-state index contributed by atoms with van der Waals surface area (Å²) in [5, 5.41) is 3.18. The highest BCUT2D eigenvalue weighted by molar-refractivity contribution is 5.81. The Bertz CT molecular complexity index is 648. The third-order valence-electron chi connectivity index (χ3n) is 5.15. The van der Waals surface area contributed by atoms with Crippen LogP contribution in [0.4, 0.5) is 5.69 Å². The Morgan fingerprint density at radius 3 is 2.21 bits per heavy atom. The number of amides is 1. The lowest BCUT2D eigenvalue weighted by Gasteiger charge is -2.30. The number of carbonyl (C=O) groups excluding carboxylic acids is 1. The summed E-state index contributed by atoms with van der Waals surface area (Å²) in [5.41, 5.74) is 2.54. The van der Waals surface area contributed by atoms with Crippen LogP contribution in [0.3, 0.4) is 0 Å². The van der Waals surface area contributed by atoms with Crippen LogP contribution in [0.5, 0.6) is 0 Å². The van der Waals surface area contributed by atoms with Crippen LogP contribution >= 0.6 is 0 Å². The van der Waals surface area contributed by atoms with Crippen LogP contribution in [0.15, 0.2) is 60.7 Å². The number of likely N-dealkylation sites (N-methyl/N-ethyl adjacent to an activating group) is 1. The van der Waals surface area contributed by atoms with Gasteiger partial charge in [0.05, 0.1) is 6.54 Å². The molecule has 3 rings (SSSR count). The zero-order valence-corrected chi connectivity index (χ0v) is 14.4. The predicted molar refractivity (Wildman–Crippen MR) is 99.3 cm³/mol. The molecule has 3 heteroatoms. The fourth-order valence-corrected chi connectivity index (χ4v) is 3.72. The number of hydrogen-bond acceptors (Lipinski definition) is 2. The summed E-state index contributed by atoms with van der Waals surface area (Å²) in [6, 6.07) is 20.7. The van der Waals surface area contributed by atoms with Crippen LogP contribution in [-0.2, 0) is 10.2 Å². The van der Waals surface area contributed by atoms with Gasteiger partial charge in [0.1, 0.15) is 0 Å². The maximum atomic E-state index is 12.4. The van der Waals surface area contributed by atoms with Crippen LogP contribution in [0.1, 0.15) is 31.2 Å². The number of carbonyl (C=O) groups is 1. The minimum Gasteiger partial charge on any atom is -0.365 e. The highest BCUT2D eigenvalue weighted by atomic mass is 16.2. The topological polar surface area (TPSA) is 32.3 Å². The van der Waals surface area contributed by atoms with Gasteiger partial charge >= 0.3 is 0 Å². The first kappa shape index (κ1) is 16.6. The molecule has 1 aliphatic rings. The molecule has 0 heterocycles. The molecule has 3 nitrogen and oxygen atoms in total. The summed E-state index contributed by atoms with van der Waals surface area (Å²) in [7, 11) is 1.96. The van der Waals surface area contributed by atoms with E-state index in [1.165, 1.54) is 18.4 Å². The minimum atomic E-state index is 0.0866. The van der Waals surface area contributed by atoms with Crippen molar-refractivity contribution in [1.82, 2.24) is 5.32 Å². The summed E-state index contributed by atoms with van der Waals surface area (Å²) in [4.78, 5) is 14.4. The van der Waals surface area contributed by atoms with E-state index >= 15 is 0 Å². The van der Waals surface area contributed by atoms with E-state index in [0.29, 0.717) is 6.54 Å². The lowest BCUT2D eigenvalue weighted by Crippen LogP contribution is -2.42. The van der Waals surface area contributed by atoms with E-state index in [0.717, 1.165) is 25.1 Å². The number of benzene rings is 2. The van der Waals surface area contributed by atoms with Gasteiger partial charge in [-0.05, 0) is 30.5 Å². The standard InChI is InChI=1S/C21H26N2O/c1-23(19-12-6-3-7-13-19)16-20(24)22-17-21(14-8-9-15-21)18-10-4-2-5-11-18/h2-7,10-13H,8-9,14-17H2,1H3,(H,22,24). The molecule has 2 aromatic rings. The number of hydrogen-bond donors (Lipinski definition) is 1. The van der Waals surface area contributed by atoms with Gasteiger partial charge in [-0.3, -0.25) is 4.79 Å². The van der Waals surface area contributed by atoms with E-state index in [4.69, 9.17) is 0 Å². The summed E-state index contributed by atoms with van der Waals surface area (Å²) in [6.45, 7) is 1.12. The molecule has 1 N–H and O–H groups in total. The highest BCUT2D eigenvalue weighted by Crippen LogP contribution is 2.40. The molecule has 1 saturated carbocycles. The SMILES string of the molecule is CN(CC(=O)NCC1(c2ccccc2)CCCC1)c1ccccc1. The second kappa shape index (κ2) is 7.52. The number of rotatable bonds is 6. The van der Waals surface area contributed by atoms with Crippen molar-refractivity contribution in [3.05, 3.63) is 66.2 Å². The Balaban J connectivity index is 1.60. The molecule has 0 bridgehead atoms. The van der Waals surface area contributed by atoms with Gasteiger partial charge in [-0.15, -0.1) is 0 Å². The smallest absolute Gasteiger partial charge is 0.239 e. The van der Waals surface area contributed by atoms with Crippen LogP contribution in [-0.4, -0.2) is 26.0 Å². The summed E-state index contributed by atoms with van der Waals surface area (Å²) in [6.07, 6.45) is 4.81. The van der Waals surface area contributed by atoms with E-state index in [9.17, 15) is 4.79 Å². The molecule has 2 aromatic carbocycles. The molecule has 0 radical (unpaired) electrons. The monoisotopic (exact) mass is 322 g/mol. The largest absolute Gasteiger partial charge is 0.365 e. The Morgan fingerprint density at radius 1 is 1.00 bits per heavy atom. The van der Waals surface area contributed by atoms with Gasteiger partial charge in [0, 0.05) is 24.7 Å². The van der Waals surface area contributed by atoms with Crippen molar-refractivity contribution in [3.8, 4) is 0 Å². The van der Waals surface area contributed by atoms with Crippen LogP contribution < -0.4 is 10.2 Å². The van der Waals surface area contributed by atoms with Gasteiger partial charge < -0.3 is 10.2 Å². The zero-order chi connectivity index (χ0) is 16.8. The molecule has 1 aliphatic carbocycles. The maximum Gasteiger partial charge on any atom is 0.239 e. The first-order valence-corrected chi connectivity index (χ1v) is 8.78. The second-order valence-corrected chi connectivity index (χ2v) is 6.82. The molecule has 0 aliphatic heterocycles. The first-order chi connectivity index (χ1) is 11.7. The van der Waals surface area contributed by atoms with Crippen LogP contribution in [0, 0.1) is 0 Å². The molecule has 1 amide bonds. The average Bonchev–Trinajstić information content (AvgIpc) is 3.12. The molecule has 0 unspecified atom stereocenters. The molecular weight excluding hydrogens is 296 g/mol. The van der Waals surface area contributed by atoms with E-state index in [2.05, 4.69) is 35.6 Å². The molecule has 0 atom stereocenters. The Kier molecular flexibility index (Phi) is 5.19. The lowest BCUT2D eigenvalue weighted by molar-refractivity contribution is -0.120. The molecule has 0 saturated heterocycles. The van der Waals surface area contributed by atoms with Gasteiger partial charge in [0.25, 0.3) is 0 Å². The predicted octanol–water partition coefficient (Wildman–Crippen LogP) is 3.75. The number of nitrogens with one attached hydrogen (secondary N) is 1. The van der Waals surface area contributed by atoms with Gasteiger partial charge in [0.15, 0.2) is 0 Å². The van der Waals surface area contributed by atoms with Gasteiger partial charge in [0.2, 0.25) is 5.91 Å². The summed E-state index contributed by atoms with van der Waals surface area (Å²) in [5.74, 6) is 0.0866. The normalized spacial score (nSPS) is 15.9. The van der Waals surface area contributed by atoms with Gasteiger partial charge in [-0.2, -0.15) is 0 Å². The van der Waals surface area contributed by atoms with Crippen LogP contribution in [0.25, 0.3) is 0 Å². The van der Waals surface area contributed by atoms with E-state index in [1.54, 1.807) is 0 Å². The number of para-hydroxylation sites is 1. The summed E-state index contributed by atoms with van der Waals surface area (Å²) >= 11 is 0. The van der Waals surface area contributed by atoms with E-state index in [1.807, 2.05) is 42.3 Å². The Labute approximate surface area is 144 Å². The number of nitrogens with zero attached hydrogens (tertiary/aromatic N) is 1. The second-order valence-electron chi connectivity index (χ2n) is 6.82. The Hall–Kier alpha value is -2.29. The van der Waals surface area contributed by atoms with Crippen molar-refractivity contribution >= 4 is 11.6 Å². The fraction of sp³-hybridized carbons (Fsp3) is 0.381. The molecule has 0 spiro atoms. The van der Waals surface area contributed by atoms with Crippen molar-refractivity contribution < 1.29 is 4.79 Å². The quantitative estimate of drug-likeness (QED) is 0.878. The van der Waals surface area contributed by atoms with Crippen molar-refractivity contribution in [2.75, 3.05) is 25.0 Å². The average molecular weight is 322 g/mol. The third kappa shape index (κ3) is 3.78. The number of anilines is 1. The fourth-order valence-electron chi connectivity index (χ4n) is 3.72. The molecule has 1 fully saturated rings. The van der Waals surface area contributed by atoms with Crippen molar-refractivity contribution in [2.24, 2.45) is 0 Å². The van der Waals surface area contributed by atoms with Crippen molar-refractivity contribution in [1.29, 1.82) is 0 Å². The molecular formula is C21H26N2O. The molecule has 126 valence electrons.